The van der Waals surface area contributed by atoms with Gasteiger partial charge in [-0.1, -0.05) is 60.1 Å². The summed E-state index contributed by atoms with van der Waals surface area (Å²) >= 11 is 6.48. The molecule has 0 bridgehead atoms. The Morgan fingerprint density at radius 3 is 2.54 bits per heavy atom. The van der Waals surface area contributed by atoms with Gasteiger partial charge in [-0.25, -0.2) is 4.98 Å². The van der Waals surface area contributed by atoms with E-state index in [1.807, 2.05) is 30.3 Å². The number of halogens is 1. The van der Waals surface area contributed by atoms with E-state index >= 15 is 0 Å². The number of nitrogens with one attached hydrogen (secondary N) is 1. The van der Waals surface area contributed by atoms with Crippen LogP contribution in [0.4, 0.5) is 5.82 Å². The zero-order valence-electron chi connectivity index (χ0n) is 14.3. The lowest BCUT2D eigenvalue weighted by atomic mass is 9.78. The number of nitrogen functional groups attached to an aromatic ring is 1. The smallest absolute Gasteiger partial charge is 0.286 e. The molecule has 0 saturated carbocycles. The molecule has 4 rings (SSSR count). The third-order valence-electron chi connectivity index (χ3n) is 5.19. The third-order valence-corrected chi connectivity index (χ3v) is 5.52. The summed E-state index contributed by atoms with van der Waals surface area (Å²) in [6, 6.07) is 20.5. The number of aromatic nitrogens is 1. The van der Waals surface area contributed by atoms with Crippen molar-refractivity contribution in [2.24, 2.45) is 0 Å². The number of nitrogens with zero attached hydrogens (tertiary/aromatic N) is 1. The third kappa shape index (κ3) is 2.83. The molecule has 1 heterocycles. The molecule has 1 aliphatic rings. The second-order valence-electron chi connectivity index (χ2n) is 6.69. The average molecular weight is 361 g/mol. The number of hydrogen-bond donors (Lipinski definition) is 1. The van der Waals surface area contributed by atoms with Gasteiger partial charge in [0.2, 0.25) is 0 Å². The molecule has 1 aliphatic carbocycles. The van der Waals surface area contributed by atoms with Gasteiger partial charge >= 0.3 is 0 Å². The molecule has 26 heavy (non-hydrogen) atoms. The molecule has 3 N–H and O–H groups in total. The van der Waals surface area contributed by atoms with Crippen molar-refractivity contribution in [2.45, 2.75) is 25.2 Å². The lowest BCUT2D eigenvalue weighted by Gasteiger charge is -2.26. The molecule has 0 fully saturated rings. The fourth-order valence-electron chi connectivity index (χ4n) is 3.93. The summed E-state index contributed by atoms with van der Waals surface area (Å²) in [5, 5.41) is 10.4. The predicted molar refractivity (Wildman–Crippen MR) is 104 cm³/mol. The van der Waals surface area contributed by atoms with Gasteiger partial charge in [-0.3, -0.25) is 5.73 Å². The highest BCUT2D eigenvalue weighted by Crippen LogP contribution is 2.40. The first-order valence-corrected chi connectivity index (χ1v) is 9.13. The second-order valence-corrected chi connectivity index (χ2v) is 7.10. The average Bonchev–Trinajstić information content (AvgIpc) is 2.68. The van der Waals surface area contributed by atoms with E-state index in [1.165, 1.54) is 5.56 Å². The van der Waals surface area contributed by atoms with Crippen LogP contribution >= 0.6 is 11.6 Å². The van der Waals surface area contributed by atoms with Gasteiger partial charge in [0.15, 0.2) is 0 Å². The summed E-state index contributed by atoms with van der Waals surface area (Å²) in [7, 11) is 0. The Hall–Kier alpha value is -2.83. The van der Waals surface area contributed by atoms with E-state index in [-0.39, 0.29) is 0 Å². The molecule has 0 saturated heterocycles. The summed E-state index contributed by atoms with van der Waals surface area (Å²) in [5.41, 5.74) is 12.0. The fourth-order valence-corrected chi connectivity index (χ4v) is 4.16. The van der Waals surface area contributed by atoms with E-state index in [4.69, 9.17) is 17.3 Å². The van der Waals surface area contributed by atoms with Gasteiger partial charge < -0.3 is 0 Å². The minimum absolute atomic E-state index is 0.416. The molecule has 4 heteroatoms. The van der Waals surface area contributed by atoms with E-state index in [1.54, 1.807) is 0 Å². The monoisotopic (exact) mass is 360 g/mol. The molecule has 1 aromatic heterocycles. The highest BCUT2D eigenvalue weighted by Gasteiger charge is 2.30. The number of H-pyrrole nitrogens is 1. The fraction of sp³-hybridized carbons (Fsp3) is 0.182. The Labute approximate surface area is 158 Å². The number of pyridine rings is 1. The number of aryl methyl sites for hydroxylation is 1. The molecule has 0 spiro atoms. The van der Waals surface area contributed by atoms with Crippen molar-refractivity contribution < 1.29 is 4.98 Å². The van der Waals surface area contributed by atoms with E-state index in [0.717, 1.165) is 41.6 Å². The Morgan fingerprint density at radius 1 is 1.08 bits per heavy atom. The highest BCUT2D eigenvalue weighted by atomic mass is 35.5. The number of nitriles is 1. The van der Waals surface area contributed by atoms with Gasteiger partial charge in [0.25, 0.3) is 5.82 Å². The number of aromatic amines is 1. The van der Waals surface area contributed by atoms with Crippen LogP contribution in [0.25, 0.3) is 11.1 Å². The molecule has 128 valence electrons. The molecule has 0 amide bonds. The van der Waals surface area contributed by atoms with Gasteiger partial charge in [0, 0.05) is 28.1 Å². The number of rotatable bonds is 2. The maximum Gasteiger partial charge on any atom is 0.289 e. The molecule has 3 nitrogen and oxygen atoms in total. The highest BCUT2D eigenvalue weighted by molar-refractivity contribution is 6.33. The minimum Gasteiger partial charge on any atom is -0.286 e. The van der Waals surface area contributed by atoms with Crippen LogP contribution in [0.5, 0.6) is 0 Å². The van der Waals surface area contributed by atoms with Crippen molar-refractivity contribution >= 4 is 17.4 Å². The van der Waals surface area contributed by atoms with Crippen LogP contribution in [-0.2, 0) is 12.8 Å². The quantitative estimate of drug-likeness (QED) is 0.728. The van der Waals surface area contributed by atoms with Crippen molar-refractivity contribution in [1.29, 1.82) is 5.26 Å². The zero-order valence-corrected chi connectivity index (χ0v) is 15.1. The zero-order chi connectivity index (χ0) is 18.1. The maximum absolute atomic E-state index is 9.74. The molecule has 3 aromatic rings. The van der Waals surface area contributed by atoms with Gasteiger partial charge in [0.1, 0.15) is 17.3 Å². The molecular formula is C22H19ClN3+. The van der Waals surface area contributed by atoms with Gasteiger partial charge in [0.05, 0.1) is 0 Å². The number of fused-ring (bicyclic) bond motifs is 1. The van der Waals surface area contributed by atoms with Gasteiger partial charge in [-0.15, -0.1) is 0 Å². The topological polar surface area (TPSA) is 64.0 Å². The molecule has 0 aliphatic heterocycles. The SMILES string of the molecule is N#Cc1c(N)[nH+]c2c(c1-c1ccccc1Cl)C[C@@H](c1ccccc1)CC2. The standard InChI is InChI=1S/C22H18ClN3/c23-19-9-5-4-8-16(19)21-17-12-15(14-6-2-1-3-7-14)10-11-20(17)26-22(25)18(21)13-24/h1-9,15H,10-12H2,(H2,25,26)/p+1/t15-/m0/s1. The molecule has 2 aromatic carbocycles. The van der Waals surface area contributed by atoms with E-state index in [2.05, 4.69) is 35.3 Å². The number of hydrogen-bond acceptors (Lipinski definition) is 2. The summed E-state index contributed by atoms with van der Waals surface area (Å²) in [4.78, 5) is 3.26. The van der Waals surface area contributed by atoms with Crippen molar-refractivity contribution in [3.63, 3.8) is 0 Å². The summed E-state index contributed by atoms with van der Waals surface area (Å²) in [6.45, 7) is 0. The van der Waals surface area contributed by atoms with Crippen LogP contribution in [0.1, 0.15) is 34.7 Å². The molecule has 0 radical (unpaired) electrons. The van der Waals surface area contributed by atoms with Gasteiger partial charge in [-0.2, -0.15) is 5.26 Å². The largest absolute Gasteiger partial charge is 0.289 e. The van der Waals surface area contributed by atoms with Crippen molar-refractivity contribution in [3.05, 3.63) is 82.0 Å². The van der Waals surface area contributed by atoms with Crippen molar-refractivity contribution in [3.8, 4) is 17.2 Å². The Morgan fingerprint density at radius 2 is 1.81 bits per heavy atom. The van der Waals surface area contributed by atoms with E-state index < -0.39 is 0 Å². The van der Waals surface area contributed by atoms with Crippen LogP contribution in [0.2, 0.25) is 5.02 Å². The van der Waals surface area contributed by atoms with Crippen molar-refractivity contribution in [1.82, 2.24) is 0 Å². The number of benzene rings is 2. The first-order valence-electron chi connectivity index (χ1n) is 8.75. The lowest BCUT2D eigenvalue weighted by molar-refractivity contribution is -0.374. The summed E-state index contributed by atoms with van der Waals surface area (Å²) in [5.74, 6) is 0.841. The number of nitrogens with two attached hydrogens (primary N) is 1. The van der Waals surface area contributed by atoms with Crippen molar-refractivity contribution in [2.75, 3.05) is 5.73 Å². The predicted octanol–water partition coefficient (Wildman–Crippen LogP) is 4.55. The molecule has 1 atom stereocenters. The molecule has 0 unspecified atom stereocenters. The first-order chi connectivity index (χ1) is 12.7. The Balaban J connectivity index is 1.91. The van der Waals surface area contributed by atoms with Crippen LogP contribution in [0.15, 0.2) is 54.6 Å². The first kappa shape index (κ1) is 16.6. The van der Waals surface area contributed by atoms with Crippen LogP contribution in [0, 0.1) is 11.3 Å². The van der Waals surface area contributed by atoms with Crippen LogP contribution in [-0.4, -0.2) is 0 Å². The second kappa shape index (κ2) is 6.82. The molecular weight excluding hydrogens is 342 g/mol. The lowest BCUT2D eigenvalue weighted by Crippen LogP contribution is -2.27. The Kier molecular flexibility index (Phi) is 4.36. The normalized spacial score (nSPS) is 15.9. The van der Waals surface area contributed by atoms with Crippen LogP contribution in [0.3, 0.4) is 0 Å². The Bertz CT molecular complexity index is 1010. The van der Waals surface area contributed by atoms with E-state index in [0.29, 0.717) is 22.3 Å². The van der Waals surface area contributed by atoms with Crippen LogP contribution < -0.4 is 10.7 Å². The minimum atomic E-state index is 0.416. The number of anilines is 1. The summed E-state index contributed by atoms with van der Waals surface area (Å²) in [6.07, 6.45) is 2.83. The summed E-state index contributed by atoms with van der Waals surface area (Å²) < 4.78 is 0. The maximum atomic E-state index is 9.74. The van der Waals surface area contributed by atoms with Gasteiger partial charge in [-0.05, 0) is 30.4 Å². The van der Waals surface area contributed by atoms with E-state index in [9.17, 15) is 5.26 Å².